The molecule has 0 unspecified atom stereocenters. The summed E-state index contributed by atoms with van der Waals surface area (Å²) < 4.78 is 29.0. The van der Waals surface area contributed by atoms with Gasteiger partial charge in [-0.05, 0) is 23.1 Å². The monoisotopic (exact) mass is 435 g/mol. The number of halogens is 3. The lowest BCUT2D eigenvalue weighted by atomic mass is 9.86. The molecule has 1 aromatic carbocycles. The summed E-state index contributed by atoms with van der Waals surface area (Å²) in [4.78, 5) is 15.9. The molecule has 2 rings (SSSR count). The first-order valence-corrected chi connectivity index (χ1v) is 9.98. The first-order chi connectivity index (χ1) is 11.9. The third kappa shape index (κ3) is 5.01. The average molecular weight is 437 g/mol. The van der Waals surface area contributed by atoms with Gasteiger partial charge >= 0.3 is 10.2 Å². The molecule has 26 heavy (non-hydrogen) atoms. The molecule has 0 saturated carbocycles. The van der Waals surface area contributed by atoms with Crippen LogP contribution >= 0.6 is 34.8 Å². The highest BCUT2D eigenvalue weighted by atomic mass is 35.5. The fraction of sp³-hybridized carbons (Fsp3) is 0.250. The second-order valence-electron chi connectivity index (χ2n) is 6.43. The fourth-order valence-corrected chi connectivity index (χ4v) is 3.61. The van der Waals surface area contributed by atoms with E-state index in [1.165, 1.54) is 0 Å². The molecule has 1 amide bonds. The van der Waals surface area contributed by atoms with Gasteiger partial charge in [0, 0.05) is 0 Å². The predicted octanol–water partition coefficient (Wildman–Crippen LogP) is 4.43. The lowest BCUT2D eigenvalue weighted by molar-refractivity contribution is 0.0981. The summed E-state index contributed by atoms with van der Waals surface area (Å²) in [7, 11) is -4.22. The van der Waals surface area contributed by atoms with E-state index in [9.17, 15) is 13.2 Å². The van der Waals surface area contributed by atoms with Crippen molar-refractivity contribution >= 4 is 56.6 Å². The van der Waals surface area contributed by atoms with Gasteiger partial charge in [0.1, 0.15) is 10.3 Å². The van der Waals surface area contributed by atoms with Crippen molar-refractivity contribution in [1.82, 2.24) is 9.71 Å². The van der Waals surface area contributed by atoms with Crippen LogP contribution in [-0.2, 0) is 15.6 Å². The molecular weight excluding hydrogens is 421 g/mol. The van der Waals surface area contributed by atoms with Crippen molar-refractivity contribution in [3.8, 4) is 0 Å². The van der Waals surface area contributed by atoms with Crippen LogP contribution in [0.1, 0.15) is 36.7 Å². The predicted molar refractivity (Wildman–Crippen MR) is 104 cm³/mol. The van der Waals surface area contributed by atoms with Crippen molar-refractivity contribution in [3.05, 3.63) is 56.8 Å². The number of rotatable bonds is 4. The minimum absolute atomic E-state index is 0.0235. The Balaban J connectivity index is 2.28. The maximum atomic E-state index is 12.4. The Labute approximate surface area is 167 Å². The number of anilines is 1. The van der Waals surface area contributed by atoms with E-state index in [2.05, 4.69) is 9.71 Å². The SMILES string of the molecule is CC(C)(C)c1ccccc1NS(=O)(=O)NC(=O)c1cc(Cl)c(Cl)nc1Cl. The van der Waals surface area contributed by atoms with Crippen LogP contribution in [0.15, 0.2) is 30.3 Å². The molecule has 1 heterocycles. The molecule has 0 radical (unpaired) electrons. The molecule has 0 saturated heterocycles. The van der Waals surface area contributed by atoms with Gasteiger partial charge in [-0.25, -0.2) is 9.71 Å². The number of hydrogen-bond acceptors (Lipinski definition) is 4. The van der Waals surface area contributed by atoms with Crippen LogP contribution in [0.3, 0.4) is 0 Å². The van der Waals surface area contributed by atoms with Crippen LogP contribution in [0.2, 0.25) is 15.3 Å². The number of aromatic nitrogens is 1. The zero-order valence-corrected chi connectivity index (χ0v) is 17.2. The normalized spacial score (nSPS) is 11.9. The lowest BCUT2D eigenvalue weighted by Gasteiger charge is -2.23. The van der Waals surface area contributed by atoms with Gasteiger partial charge in [-0.1, -0.05) is 73.8 Å². The van der Waals surface area contributed by atoms with Crippen LogP contribution in [0.4, 0.5) is 5.69 Å². The summed E-state index contributed by atoms with van der Waals surface area (Å²) in [6.07, 6.45) is 0. The molecule has 0 fully saturated rings. The van der Waals surface area contributed by atoms with Crippen molar-refractivity contribution in [3.63, 3.8) is 0 Å². The number of nitrogens with zero attached hydrogens (tertiary/aromatic N) is 1. The molecule has 140 valence electrons. The molecule has 6 nitrogen and oxygen atoms in total. The first kappa shape index (κ1) is 20.8. The third-order valence-electron chi connectivity index (χ3n) is 3.34. The van der Waals surface area contributed by atoms with E-state index in [0.717, 1.165) is 11.6 Å². The fourth-order valence-electron chi connectivity index (χ4n) is 2.18. The molecular formula is C16H16Cl3N3O3S. The van der Waals surface area contributed by atoms with E-state index < -0.39 is 16.1 Å². The smallest absolute Gasteiger partial charge is 0.268 e. The highest BCUT2D eigenvalue weighted by Gasteiger charge is 2.23. The molecule has 0 aliphatic rings. The number of carbonyl (C=O) groups is 1. The van der Waals surface area contributed by atoms with Gasteiger partial charge in [0.25, 0.3) is 5.91 Å². The Morgan fingerprint density at radius 1 is 1.08 bits per heavy atom. The minimum Gasteiger partial charge on any atom is -0.268 e. The largest absolute Gasteiger partial charge is 0.323 e. The maximum Gasteiger partial charge on any atom is 0.323 e. The number of benzene rings is 1. The summed E-state index contributed by atoms with van der Waals surface area (Å²) >= 11 is 17.3. The van der Waals surface area contributed by atoms with Gasteiger partial charge in [-0.15, -0.1) is 0 Å². The number of nitrogens with one attached hydrogen (secondary N) is 2. The summed E-state index contributed by atoms with van der Waals surface area (Å²) in [5.41, 5.74) is 0.612. The minimum atomic E-state index is -4.22. The molecule has 1 aromatic heterocycles. The zero-order valence-electron chi connectivity index (χ0n) is 14.1. The Morgan fingerprint density at radius 3 is 2.31 bits per heavy atom. The van der Waals surface area contributed by atoms with E-state index in [1.54, 1.807) is 24.3 Å². The van der Waals surface area contributed by atoms with Crippen LogP contribution in [-0.4, -0.2) is 19.3 Å². The molecule has 0 aliphatic heterocycles. The number of carbonyl (C=O) groups excluding carboxylic acids is 1. The summed E-state index contributed by atoms with van der Waals surface area (Å²) in [6, 6.07) is 8.05. The number of para-hydroxylation sites is 1. The van der Waals surface area contributed by atoms with Gasteiger partial charge in [-0.3, -0.25) is 9.52 Å². The molecule has 0 aliphatic carbocycles. The Morgan fingerprint density at radius 2 is 1.69 bits per heavy atom. The van der Waals surface area contributed by atoms with E-state index in [-0.39, 0.29) is 26.3 Å². The van der Waals surface area contributed by atoms with E-state index in [4.69, 9.17) is 34.8 Å². The molecule has 0 spiro atoms. The van der Waals surface area contributed by atoms with Crippen molar-refractivity contribution in [2.45, 2.75) is 26.2 Å². The maximum absolute atomic E-state index is 12.4. The van der Waals surface area contributed by atoms with Crippen molar-refractivity contribution in [2.24, 2.45) is 0 Å². The van der Waals surface area contributed by atoms with Crippen molar-refractivity contribution < 1.29 is 13.2 Å². The highest BCUT2D eigenvalue weighted by molar-refractivity contribution is 7.91. The second kappa shape index (κ2) is 7.60. The number of hydrogen-bond donors (Lipinski definition) is 2. The Kier molecular flexibility index (Phi) is 6.07. The van der Waals surface area contributed by atoms with Gasteiger partial charge in [0.15, 0.2) is 0 Å². The molecule has 0 atom stereocenters. The van der Waals surface area contributed by atoms with Gasteiger partial charge < -0.3 is 0 Å². The van der Waals surface area contributed by atoms with Crippen molar-refractivity contribution in [1.29, 1.82) is 0 Å². The van der Waals surface area contributed by atoms with Gasteiger partial charge in [0.2, 0.25) is 0 Å². The standard InChI is InChI=1S/C16H16Cl3N3O3S/c1-16(2,3)10-6-4-5-7-12(10)21-26(24,25)22-15(23)9-8-11(17)14(19)20-13(9)18/h4-8,21H,1-3H3,(H,22,23). The molecule has 2 N–H and O–H groups in total. The number of amides is 1. The molecule has 0 bridgehead atoms. The second-order valence-corrected chi connectivity index (χ2v) is 8.97. The van der Waals surface area contributed by atoms with Crippen LogP contribution in [0.25, 0.3) is 0 Å². The first-order valence-electron chi connectivity index (χ1n) is 7.36. The van der Waals surface area contributed by atoms with Gasteiger partial charge in [-0.2, -0.15) is 8.42 Å². The number of pyridine rings is 1. The van der Waals surface area contributed by atoms with E-state index in [1.807, 2.05) is 25.5 Å². The van der Waals surface area contributed by atoms with Crippen molar-refractivity contribution in [2.75, 3.05) is 4.72 Å². The lowest BCUT2D eigenvalue weighted by Crippen LogP contribution is -2.36. The Bertz CT molecular complexity index is 957. The third-order valence-corrected chi connectivity index (χ3v) is 5.24. The van der Waals surface area contributed by atoms with E-state index >= 15 is 0 Å². The topological polar surface area (TPSA) is 88.2 Å². The quantitative estimate of drug-likeness (QED) is 0.694. The van der Waals surface area contributed by atoms with E-state index in [0.29, 0.717) is 5.69 Å². The average Bonchev–Trinajstić information content (AvgIpc) is 2.49. The van der Waals surface area contributed by atoms with Crippen LogP contribution in [0.5, 0.6) is 0 Å². The molecule has 2 aromatic rings. The summed E-state index contributed by atoms with van der Waals surface area (Å²) in [6.45, 7) is 5.83. The Hall–Kier alpha value is -1.54. The van der Waals surface area contributed by atoms with Crippen LogP contribution in [0, 0.1) is 0 Å². The highest BCUT2D eigenvalue weighted by Crippen LogP contribution is 2.30. The summed E-state index contributed by atoms with van der Waals surface area (Å²) in [5, 5.41) is -0.375. The summed E-state index contributed by atoms with van der Waals surface area (Å²) in [5.74, 6) is -0.984. The molecule has 10 heteroatoms. The zero-order chi connectivity index (χ0) is 19.7. The van der Waals surface area contributed by atoms with Crippen LogP contribution < -0.4 is 9.44 Å². The van der Waals surface area contributed by atoms with Gasteiger partial charge in [0.05, 0.1) is 16.3 Å².